The molecule has 0 saturated heterocycles. The van der Waals surface area contributed by atoms with Gasteiger partial charge in [-0.05, 0) is 46.0 Å². The van der Waals surface area contributed by atoms with Gasteiger partial charge in [-0.15, -0.1) is 0 Å². The predicted molar refractivity (Wildman–Crippen MR) is 170 cm³/mol. The number of hydrogen-bond acceptors (Lipinski definition) is 4. The molecule has 0 aromatic heterocycles. The minimum atomic E-state index is -1.18. The van der Waals surface area contributed by atoms with Crippen LogP contribution in [-0.2, 0) is 14.4 Å². The van der Waals surface area contributed by atoms with E-state index >= 15 is 0 Å². The average Bonchev–Trinajstić information content (AvgIpc) is 2.93. The highest BCUT2D eigenvalue weighted by molar-refractivity contribution is 5.70. The van der Waals surface area contributed by atoms with Crippen molar-refractivity contribution in [2.75, 3.05) is 26.2 Å². The Kier molecular flexibility index (Phi) is 24.4. The van der Waals surface area contributed by atoms with Crippen LogP contribution < -0.4 is 5.11 Å². The third-order valence-corrected chi connectivity index (χ3v) is 8.63. The lowest BCUT2D eigenvalue weighted by Gasteiger charge is -2.43. The van der Waals surface area contributed by atoms with E-state index in [1.807, 2.05) is 0 Å². The smallest absolute Gasteiger partial charge is 0.311 e. The maximum absolute atomic E-state index is 11.6. The fourth-order valence-corrected chi connectivity index (χ4v) is 6.12. The summed E-state index contributed by atoms with van der Waals surface area (Å²) in [4.78, 5) is 34.8. The van der Waals surface area contributed by atoms with E-state index in [4.69, 9.17) is 0 Å². The van der Waals surface area contributed by atoms with Crippen molar-refractivity contribution < 1.29 is 34.2 Å². The first-order valence-corrected chi connectivity index (χ1v) is 17.2. The Morgan fingerprint density at radius 2 is 0.905 bits per heavy atom. The largest absolute Gasteiger partial charge is 0.550 e. The quantitative estimate of drug-likeness (QED) is 0.0501. The summed E-state index contributed by atoms with van der Waals surface area (Å²) in [5.74, 6) is -5.22. The van der Waals surface area contributed by atoms with Gasteiger partial charge in [-0.2, -0.15) is 0 Å². The number of carboxylic acid groups (broad SMARTS) is 3. The number of allylic oxidation sites excluding steroid dienone is 2. The molecule has 0 aromatic rings. The lowest BCUT2D eigenvalue weighted by molar-refractivity contribution is -0.934. The standard InChI is InChI=1S/C35H65NO6/c1-5-6-7-8-9-10-11-12-13-14-15-16-17-18-19-20-21-22-23-24-25-26-36(27-30(2)33(37)38,28-31(3)34(39)40)29-32(4)35(41)42/h6-7,30-32H,5,8-29H2,1-4H3,(H2-,37,38,39,40,41,42)/b7-6+. The zero-order valence-corrected chi connectivity index (χ0v) is 27.6. The highest BCUT2D eigenvalue weighted by Gasteiger charge is 2.36. The maximum Gasteiger partial charge on any atom is 0.311 e. The van der Waals surface area contributed by atoms with E-state index in [9.17, 15) is 29.7 Å². The Balaban J connectivity index is 4.16. The minimum Gasteiger partial charge on any atom is -0.550 e. The first-order valence-electron chi connectivity index (χ1n) is 17.2. The van der Waals surface area contributed by atoms with E-state index in [1.165, 1.54) is 96.3 Å². The molecule has 0 aliphatic rings. The Morgan fingerprint density at radius 3 is 1.24 bits per heavy atom. The first-order chi connectivity index (χ1) is 20.0. The van der Waals surface area contributed by atoms with Crippen LogP contribution in [0.3, 0.4) is 0 Å². The molecule has 7 heteroatoms. The number of carbonyl (C=O) groups excluding carboxylic acids is 1. The zero-order chi connectivity index (χ0) is 31.6. The summed E-state index contributed by atoms with van der Waals surface area (Å²) < 4.78 is 0.188. The van der Waals surface area contributed by atoms with Gasteiger partial charge in [0.25, 0.3) is 0 Å². The molecule has 0 heterocycles. The molecule has 246 valence electrons. The molecule has 0 fully saturated rings. The molecule has 2 N–H and O–H groups in total. The second-order valence-electron chi connectivity index (χ2n) is 13.0. The summed E-state index contributed by atoms with van der Waals surface area (Å²) >= 11 is 0. The topological polar surface area (TPSA) is 115 Å². The van der Waals surface area contributed by atoms with Gasteiger partial charge in [0, 0.05) is 11.9 Å². The second kappa shape index (κ2) is 25.6. The van der Waals surface area contributed by atoms with Gasteiger partial charge >= 0.3 is 11.9 Å². The molecule has 0 aliphatic carbocycles. The number of hydrogen-bond donors (Lipinski definition) is 2. The number of unbranched alkanes of at least 4 members (excludes halogenated alkanes) is 17. The van der Waals surface area contributed by atoms with Crippen molar-refractivity contribution in [3.8, 4) is 0 Å². The minimum absolute atomic E-state index is 0.188. The van der Waals surface area contributed by atoms with Crippen molar-refractivity contribution in [3.05, 3.63) is 12.2 Å². The third kappa shape index (κ3) is 21.8. The van der Waals surface area contributed by atoms with Crippen molar-refractivity contribution in [1.29, 1.82) is 0 Å². The van der Waals surface area contributed by atoms with Crippen LogP contribution in [0.4, 0.5) is 0 Å². The van der Waals surface area contributed by atoms with Gasteiger partial charge in [0.1, 0.15) is 11.8 Å². The van der Waals surface area contributed by atoms with Crippen molar-refractivity contribution in [2.24, 2.45) is 17.8 Å². The van der Waals surface area contributed by atoms with Gasteiger partial charge in [-0.25, -0.2) is 0 Å². The van der Waals surface area contributed by atoms with Gasteiger partial charge < -0.3 is 24.6 Å². The fourth-order valence-electron chi connectivity index (χ4n) is 6.12. The molecule has 42 heavy (non-hydrogen) atoms. The van der Waals surface area contributed by atoms with Crippen molar-refractivity contribution in [3.63, 3.8) is 0 Å². The summed E-state index contributed by atoms with van der Waals surface area (Å²) in [5, 5.41) is 30.6. The van der Waals surface area contributed by atoms with Crippen molar-refractivity contribution in [1.82, 2.24) is 0 Å². The first kappa shape index (κ1) is 40.1. The summed E-state index contributed by atoms with van der Waals surface area (Å²) in [6.07, 6.45) is 28.5. The predicted octanol–water partition coefficient (Wildman–Crippen LogP) is 7.62. The van der Waals surface area contributed by atoms with Crippen LogP contribution in [0.1, 0.15) is 150 Å². The lowest BCUT2D eigenvalue weighted by atomic mass is 10.00. The highest BCUT2D eigenvalue weighted by Crippen LogP contribution is 2.22. The van der Waals surface area contributed by atoms with Gasteiger partial charge in [-0.1, -0.05) is 116 Å². The van der Waals surface area contributed by atoms with Crippen LogP contribution in [0.5, 0.6) is 0 Å². The second-order valence-corrected chi connectivity index (χ2v) is 13.0. The molecular formula is C35H65NO6. The molecule has 0 aromatic carbocycles. The molecule has 0 radical (unpaired) electrons. The number of quaternary nitrogens is 1. The Labute approximate surface area is 257 Å². The Morgan fingerprint density at radius 1 is 0.571 bits per heavy atom. The van der Waals surface area contributed by atoms with E-state index in [0.717, 1.165) is 25.7 Å². The highest BCUT2D eigenvalue weighted by atomic mass is 16.4. The van der Waals surface area contributed by atoms with E-state index in [1.54, 1.807) is 20.8 Å². The van der Waals surface area contributed by atoms with Gasteiger partial charge in [0.05, 0.1) is 26.2 Å². The summed E-state index contributed by atoms with van der Waals surface area (Å²) in [6.45, 7) is 8.20. The summed E-state index contributed by atoms with van der Waals surface area (Å²) in [6, 6.07) is 0. The number of aliphatic carboxylic acids is 3. The molecule has 0 rings (SSSR count). The van der Waals surface area contributed by atoms with Gasteiger partial charge in [0.2, 0.25) is 0 Å². The van der Waals surface area contributed by atoms with Crippen LogP contribution in [0.2, 0.25) is 0 Å². The molecule has 0 amide bonds. The lowest BCUT2D eigenvalue weighted by Crippen LogP contribution is -2.58. The van der Waals surface area contributed by atoms with Crippen LogP contribution in [0, 0.1) is 17.8 Å². The number of carboxylic acids is 3. The molecule has 0 saturated carbocycles. The van der Waals surface area contributed by atoms with Crippen LogP contribution in [-0.4, -0.2) is 58.8 Å². The van der Waals surface area contributed by atoms with E-state index in [0.29, 0.717) is 6.54 Å². The monoisotopic (exact) mass is 595 g/mol. The van der Waals surface area contributed by atoms with E-state index in [-0.39, 0.29) is 24.1 Å². The van der Waals surface area contributed by atoms with Crippen LogP contribution >= 0.6 is 0 Å². The van der Waals surface area contributed by atoms with Crippen LogP contribution in [0.15, 0.2) is 12.2 Å². The molecule has 0 aliphatic heterocycles. The van der Waals surface area contributed by atoms with Gasteiger partial charge in [0.15, 0.2) is 0 Å². The molecule has 0 spiro atoms. The molecule has 7 nitrogen and oxygen atoms in total. The normalized spacial score (nSPS) is 15.3. The third-order valence-electron chi connectivity index (χ3n) is 8.63. The fraction of sp³-hybridized carbons (Fsp3) is 0.857. The number of nitrogens with zero attached hydrogens (tertiary/aromatic N) is 1. The summed E-state index contributed by atoms with van der Waals surface area (Å²) in [7, 11) is 0. The molecule has 0 bridgehead atoms. The van der Waals surface area contributed by atoms with Gasteiger partial charge in [-0.3, -0.25) is 9.59 Å². The Hall–Kier alpha value is -1.89. The maximum atomic E-state index is 11.6. The molecule has 3 unspecified atom stereocenters. The SMILES string of the molecule is CC/C=C/CCCCCCCCCCCCCCCCCCC[N+](CC(C)C(=O)[O-])(CC(C)C(=O)O)CC(C)C(=O)O. The van der Waals surface area contributed by atoms with E-state index < -0.39 is 35.7 Å². The number of carbonyl (C=O) groups is 3. The van der Waals surface area contributed by atoms with Crippen molar-refractivity contribution >= 4 is 17.9 Å². The average molecular weight is 596 g/mol. The molecular weight excluding hydrogens is 530 g/mol. The van der Waals surface area contributed by atoms with E-state index in [2.05, 4.69) is 19.1 Å². The zero-order valence-electron chi connectivity index (χ0n) is 27.6. The summed E-state index contributed by atoms with van der Waals surface area (Å²) in [5.41, 5.74) is 0. The molecule has 3 atom stereocenters. The van der Waals surface area contributed by atoms with Crippen LogP contribution in [0.25, 0.3) is 0 Å². The number of rotatable bonds is 30. The van der Waals surface area contributed by atoms with Crippen molar-refractivity contribution in [2.45, 2.75) is 150 Å². The Bertz CT molecular complexity index is 682.